The first kappa shape index (κ1) is 9.92. The van der Waals surface area contributed by atoms with Crippen molar-refractivity contribution in [3.8, 4) is 5.75 Å². The van der Waals surface area contributed by atoms with Crippen LogP contribution in [-0.4, -0.2) is 5.11 Å². The van der Waals surface area contributed by atoms with Gasteiger partial charge < -0.3 is 10.8 Å². The van der Waals surface area contributed by atoms with Crippen LogP contribution in [0.15, 0.2) is 12.1 Å². The lowest BCUT2D eigenvalue weighted by Gasteiger charge is -2.12. The number of hydrogen-bond donors (Lipinski definition) is 2. The average molecular weight is 187 g/mol. The highest BCUT2D eigenvalue weighted by molar-refractivity contribution is 5.37. The summed E-state index contributed by atoms with van der Waals surface area (Å²) in [4.78, 5) is 0. The molecule has 0 amide bonds. The monoisotopic (exact) mass is 187 g/mol. The van der Waals surface area contributed by atoms with Gasteiger partial charge in [0.05, 0.1) is 0 Å². The fraction of sp³-hybridized carbons (Fsp3) is 0.333. The predicted molar refractivity (Wildman–Crippen MR) is 45.2 cm³/mol. The Morgan fingerprint density at radius 2 is 1.92 bits per heavy atom. The summed E-state index contributed by atoms with van der Waals surface area (Å²) in [5, 5.41) is 9.18. The van der Waals surface area contributed by atoms with Gasteiger partial charge in [-0.2, -0.15) is 0 Å². The molecule has 0 fully saturated rings. The fourth-order valence-electron chi connectivity index (χ4n) is 1.11. The van der Waals surface area contributed by atoms with Crippen molar-refractivity contribution in [2.45, 2.75) is 19.4 Å². The van der Waals surface area contributed by atoms with Gasteiger partial charge in [0, 0.05) is 11.6 Å². The third-order valence-corrected chi connectivity index (χ3v) is 1.93. The summed E-state index contributed by atoms with van der Waals surface area (Å²) >= 11 is 0. The topological polar surface area (TPSA) is 46.2 Å². The minimum Gasteiger partial charge on any atom is -0.505 e. The van der Waals surface area contributed by atoms with Crippen molar-refractivity contribution in [2.24, 2.45) is 5.73 Å². The minimum atomic E-state index is -0.847. The zero-order valence-electron chi connectivity index (χ0n) is 7.22. The molecule has 3 N–H and O–H groups in total. The van der Waals surface area contributed by atoms with Gasteiger partial charge in [0.1, 0.15) is 5.82 Å². The molecule has 13 heavy (non-hydrogen) atoms. The van der Waals surface area contributed by atoms with E-state index in [4.69, 9.17) is 5.73 Å². The summed E-state index contributed by atoms with van der Waals surface area (Å²) < 4.78 is 25.8. The van der Waals surface area contributed by atoms with Gasteiger partial charge in [0.15, 0.2) is 11.6 Å². The molecule has 0 aliphatic heterocycles. The molecule has 0 radical (unpaired) electrons. The summed E-state index contributed by atoms with van der Waals surface area (Å²) in [6, 6.07) is 1.16. The third-order valence-electron chi connectivity index (χ3n) is 1.93. The van der Waals surface area contributed by atoms with E-state index >= 15 is 0 Å². The smallest absolute Gasteiger partial charge is 0.165 e. The van der Waals surface area contributed by atoms with Crippen LogP contribution < -0.4 is 5.73 Å². The van der Waals surface area contributed by atoms with E-state index in [-0.39, 0.29) is 5.56 Å². The van der Waals surface area contributed by atoms with E-state index in [1.807, 2.05) is 0 Å². The number of benzene rings is 1. The van der Waals surface area contributed by atoms with Gasteiger partial charge in [0.2, 0.25) is 0 Å². The normalized spacial score (nSPS) is 12.9. The Kier molecular flexibility index (Phi) is 2.83. The highest BCUT2D eigenvalue weighted by Crippen LogP contribution is 2.29. The summed E-state index contributed by atoms with van der Waals surface area (Å²) in [6.45, 7) is 1.73. The SMILES string of the molecule is CCC(N)c1c(F)ccc(F)c1O. The van der Waals surface area contributed by atoms with E-state index in [1.54, 1.807) is 6.92 Å². The zero-order chi connectivity index (χ0) is 10.0. The highest BCUT2D eigenvalue weighted by Gasteiger charge is 2.17. The molecule has 1 unspecified atom stereocenters. The number of rotatable bonds is 2. The minimum absolute atomic E-state index is 0.150. The van der Waals surface area contributed by atoms with E-state index < -0.39 is 23.4 Å². The van der Waals surface area contributed by atoms with E-state index in [0.29, 0.717) is 6.42 Å². The van der Waals surface area contributed by atoms with Gasteiger partial charge in [-0.3, -0.25) is 0 Å². The van der Waals surface area contributed by atoms with Crippen molar-refractivity contribution in [1.82, 2.24) is 0 Å². The maximum atomic E-state index is 13.1. The van der Waals surface area contributed by atoms with E-state index in [2.05, 4.69) is 0 Å². The number of phenolic OH excluding ortho intramolecular Hbond substituents is 1. The Labute approximate surface area is 75.0 Å². The van der Waals surface area contributed by atoms with Crippen molar-refractivity contribution < 1.29 is 13.9 Å². The van der Waals surface area contributed by atoms with Gasteiger partial charge in [-0.1, -0.05) is 6.92 Å². The molecule has 0 spiro atoms. The molecule has 0 bridgehead atoms. The van der Waals surface area contributed by atoms with Gasteiger partial charge in [-0.25, -0.2) is 8.78 Å². The van der Waals surface area contributed by atoms with Crippen LogP contribution in [0.2, 0.25) is 0 Å². The molecule has 1 aromatic carbocycles. The third kappa shape index (κ3) is 1.78. The van der Waals surface area contributed by atoms with E-state index in [0.717, 1.165) is 12.1 Å². The molecular weight excluding hydrogens is 176 g/mol. The largest absolute Gasteiger partial charge is 0.505 e. The Morgan fingerprint density at radius 3 is 2.46 bits per heavy atom. The second-order valence-electron chi connectivity index (χ2n) is 2.81. The van der Waals surface area contributed by atoms with Crippen LogP contribution >= 0.6 is 0 Å². The Morgan fingerprint density at radius 1 is 1.38 bits per heavy atom. The second-order valence-corrected chi connectivity index (χ2v) is 2.81. The molecule has 2 nitrogen and oxygen atoms in total. The summed E-state index contributed by atoms with van der Waals surface area (Å²) in [7, 11) is 0. The molecule has 0 heterocycles. The molecule has 0 aromatic heterocycles. The fourth-order valence-corrected chi connectivity index (χ4v) is 1.11. The lowest BCUT2D eigenvalue weighted by atomic mass is 10.0. The summed E-state index contributed by atoms with van der Waals surface area (Å²) in [6.07, 6.45) is 0.438. The van der Waals surface area contributed by atoms with Crippen LogP contribution in [0.25, 0.3) is 0 Å². The van der Waals surface area contributed by atoms with Crippen molar-refractivity contribution in [3.05, 3.63) is 29.3 Å². The number of hydrogen-bond acceptors (Lipinski definition) is 2. The van der Waals surface area contributed by atoms with Crippen molar-refractivity contribution in [3.63, 3.8) is 0 Å². The first-order chi connectivity index (χ1) is 6.07. The second kappa shape index (κ2) is 3.70. The first-order valence-corrected chi connectivity index (χ1v) is 4.00. The van der Waals surface area contributed by atoms with E-state index in [1.165, 1.54) is 0 Å². The van der Waals surface area contributed by atoms with Gasteiger partial charge in [-0.15, -0.1) is 0 Å². The zero-order valence-corrected chi connectivity index (χ0v) is 7.22. The summed E-state index contributed by atoms with van der Waals surface area (Å²) in [5.74, 6) is -2.21. The van der Waals surface area contributed by atoms with Crippen LogP contribution in [0.1, 0.15) is 24.9 Å². The van der Waals surface area contributed by atoms with Gasteiger partial charge in [-0.05, 0) is 18.6 Å². The maximum absolute atomic E-state index is 13.1. The van der Waals surface area contributed by atoms with Crippen LogP contribution in [0.5, 0.6) is 5.75 Å². The Hall–Kier alpha value is -1.16. The standard InChI is InChI=1S/C9H11F2NO/c1-2-7(12)8-5(10)3-4-6(11)9(8)13/h3-4,7,13H,2,12H2,1H3. The molecule has 72 valence electrons. The van der Waals surface area contributed by atoms with Gasteiger partial charge in [0.25, 0.3) is 0 Å². The predicted octanol–water partition coefficient (Wildman–Crippen LogP) is 2.08. The molecule has 1 aromatic rings. The molecule has 0 saturated carbocycles. The van der Waals surface area contributed by atoms with Gasteiger partial charge >= 0.3 is 0 Å². The van der Waals surface area contributed by atoms with Crippen LogP contribution in [0, 0.1) is 11.6 Å². The number of halogens is 2. The molecule has 4 heteroatoms. The quantitative estimate of drug-likeness (QED) is 0.744. The average Bonchev–Trinajstić information content (AvgIpc) is 2.12. The lowest BCUT2D eigenvalue weighted by molar-refractivity contribution is 0.409. The van der Waals surface area contributed by atoms with Crippen LogP contribution in [-0.2, 0) is 0 Å². The van der Waals surface area contributed by atoms with E-state index in [9.17, 15) is 13.9 Å². The highest BCUT2D eigenvalue weighted by atomic mass is 19.1. The Balaban J connectivity index is 3.25. The summed E-state index contributed by atoms with van der Waals surface area (Å²) in [5.41, 5.74) is 5.35. The molecule has 0 aliphatic carbocycles. The molecule has 0 saturated heterocycles. The molecule has 1 atom stereocenters. The van der Waals surface area contributed by atoms with Crippen LogP contribution in [0.4, 0.5) is 8.78 Å². The molecular formula is C9H11F2NO. The van der Waals surface area contributed by atoms with Crippen molar-refractivity contribution in [2.75, 3.05) is 0 Å². The number of phenols is 1. The lowest BCUT2D eigenvalue weighted by Crippen LogP contribution is -2.11. The number of nitrogens with two attached hydrogens (primary N) is 1. The number of aromatic hydroxyl groups is 1. The first-order valence-electron chi connectivity index (χ1n) is 4.00. The molecule has 1 rings (SSSR count). The van der Waals surface area contributed by atoms with Crippen molar-refractivity contribution in [1.29, 1.82) is 0 Å². The molecule has 0 aliphatic rings. The van der Waals surface area contributed by atoms with Crippen molar-refractivity contribution >= 4 is 0 Å². The van der Waals surface area contributed by atoms with Crippen LogP contribution in [0.3, 0.4) is 0 Å². The Bertz CT molecular complexity index is 315. The maximum Gasteiger partial charge on any atom is 0.165 e.